The van der Waals surface area contributed by atoms with Crippen LogP contribution < -0.4 is 0 Å². The topological polar surface area (TPSA) is 78.9 Å². The molecule has 0 aromatic rings. The third-order valence-corrected chi connectivity index (χ3v) is 16.3. The Morgan fingerprint density at radius 3 is 0.704 bits per heavy atom. The molecule has 0 aliphatic rings. The van der Waals surface area contributed by atoms with Crippen LogP contribution in [0.15, 0.2) is 48.6 Å². The van der Waals surface area contributed by atoms with Gasteiger partial charge in [0.1, 0.15) is 13.2 Å². The summed E-state index contributed by atoms with van der Waals surface area (Å²) in [7, 11) is 0. The van der Waals surface area contributed by atoms with Crippen molar-refractivity contribution in [2.45, 2.75) is 399 Å². The zero-order valence-electron chi connectivity index (χ0n) is 54.6. The standard InChI is InChI=1S/C75H138O6/c1-4-7-10-13-16-19-21-23-25-27-29-31-32-33-34-35-36-37-38-39-40-41-42-44-45-47-49-51-53-56-59-62-65-68-74(77)80-71-72(70-79-73(76)67-64-61-58-55-18-15-12-9-6-3)81-75(78)69-66-63-60-57-54-52-50-48-46-43-30-28-26-24-22-20-17-14-11-8-5-2/h22,24,27-30,46,48,72H,4-21,23,25-26,31-45,47,49-71H2,1-3H3/b24-22-,29-27-,30-28-,48-46-. The first-order valence-electron chi connectivity index (χ1n) is 36.1. The quantitative estimate of drug-likeness (QED) is 0.0261. The summed E-state index contributed by atoms with van der Waals surface area (Å²) in [5.74, 6) is -0.866. The van der Waals surface area contributed by atoms with E-state index in [1.165, 1.54) is 276 Å². The Hall–Kier alpha value is -2.63. The van der Waals surface area contributed by atoms with Crippen LogP contribution in [-0.2, 0) is 28.6 Å². The van der Waals surface area contributed by atoms with E-state index in [0.29, 0.717) is 19.3 Å². The van der Waals surface area contributed by atoms with Crippen molar-refractivity contribution >= 4 is 17.9 Å². The minimum atomic E-state index is -0.777. The van der Waals surface area contributed by atoms with Crippen LogP contribution in [-0.4, -0.2) is 37.2 Å². The van der Waals surface area contributed by atoms with Crippen LogP contribution in [0.3, 0.4) is 0 Å². The maximum absolute atomic E-state index is 12.9. The number of carbonyl (C=O) groups is 3. The molecule has 0 aliphatic carbocycles. The molecule has 0 bridgehead atoms. The number of rotatable bonds is 67. The monoisotopic (exact) mass is 1140 g/mol. The Bertz CT molecular complexity index is 1400. The average molecular weight is 1140 g/mol. The van der Waals surface area contributed by atoms with Gasteiger partial charge in [-0.15, -0.1) is 0 Å². The Balaban J connectivity index is 4.06. The Labute approximate surface area is 505 Å². The fourth-order valence-corrected chi connectivity index (χ4v) is 10.9. The largest absolute Gasteiger partial charge is 0.462 e. The lowest BCUT2D eigenvalue weighted by Gasteiger charge is -2.18. The molecule has 1 unspecified atom stereocenters. The fourth-order valence-electron chi connectivity index (χ4n) is 10.9. The zero-order valence-corrected chi connectivity index (χ0v) is 54.6. The summed E-state index contributed by atoms with van der Waals surface area (Å²) in [6.07, 6.45) is 88.9. The van der Waals surface area contributed by atoms with Crippen LogP contribution in [0.2, 0.25) is 0 Å². The van der Waals surface area contributed by atoms with Crippen LogP contribution >= 0.6 is 0 Å². The van der Waals surface area contributed by atoms with Gasteiger partial charge in [0, 0.05) is 19.3 Å². The van der Waals surface area contributed by atoms with Gasteiger partial charge < -0.3 is 14.2 Å². The highest BCUT2D eigenvalue weighted by molar-refractivity contribution is 5.71. The highest BCUT2D eigenvalue weighted by atomic mass is 16.6. The van der Waals surface area contributed by atoms with Gasteiger partial charge in [0.25, 0.3) is 0 Å². The lowest BCUT2D eigenvalue weighted by atomic mass is 10.0. The van der Waals surface area contributed by atoms with Crippen molar-refractivity contribution in [2.75, 3.05) is 13.2 Å². The minimum absolute atomic E-state index is 0.0738. The number of hydrogen-bond donors (Lipinski definition) is 0. The van der Waals surface area contributed by atoms with E-state index in [2.05, 4.69) is 69.4 Å². The van der Waals surface area contributed by atoms with E-state index in [9.17, 15) is 14.4 Å². The Kier molecular flexibility index (Phi) is 67.6. The predicted molar refractivity (Wildman–Crippen MR) is 353 cm³/mol. The van der Waals surface area contributed by atoms with Gasteiger partial charge in [-0.25, -0.2) is 0 Å². The third kappa shape index (κ3) is 68.0. The molecule has 6 nitrogen and oxygen atoms in total. The highest BCUT2D eigenvalue weighted by Gasteiger charge is 2.19. The van der Waals surface area contributed by atoms with Crippen molar-refractivity contribution in [3.05, 3.63) is 48.6 Å². The van der Waals surface area contributed by atoms with Gasteiger partial charge in [0.2, 0.25) is 0 Å². The van der Waals surface area contributed by atoms with Crippen LogP contribution in [0.1, 0.15) is 393 Å². The van der Waals surface area contributed by atoms with Crippen molar-refractivity contribution < 1.29 is 28.6 Å². The molecule has 81 heavy (non-hydrogen) atoms. The molecule has 0 saturated heterocycles. The predicted octanol–water partition coefficient (Wildman–Crippen LogP) is 24.9. The van der Waals surface area contributed by atoms with Crippen LogP contribution in [0.5, 0.6) is 0 Å². The molecule has 0 aromatic carbocycles. The molecule has 0 aliphatic heterocycles. The van der Waals surface area contributed by atoms with E-state index in [-0.39, 0.29) is 31.1 Å². The van der Waals surface area contributed by atoms with Gasteiger partial charge in [-0.2, -0.15) is 0 Å². The van der Waals surface area contributed by atoms with Crippen molar-refractivity contribution in [3.8, 4) is 0 Å². The summed E-state index contributed by atoms with van der Waals surface area (Å²) in [5.41, 5.74) is 0. The number of carbonyl (C=O) groups excluding carboxylic acids is 3. The normalized spacial score (nSPS) is 12.3. The van der Waals surface area contributed by atoms with E-state index in [1.807, 2.05) is 0 Å². The molecule has 0 aromatic heterocycles. The number of unbranched alkanes of at least 4 members (excludes halogenated alkanes) is 48. The van der Waals surface area contributed by atoms with Gasteiger partial charge in [0.05, 0.1) is 0 Å². The molecule has 1 atom stereocenters. The molecule has 474 valence electrons. The molecule has 0 fully saturated rings. The summed E-state index contributed by atoms with van der Waals surface area (Å²) in [4.78, 5) is 38.3. The molecule has 0 saturated carbocycles. The molecular formula is C75H138O6. The molecule has 0 spiro atoms. The second kappa shape index (κ2) is 69.9. The first-order valence-corrected chi connectivity index (χ1v) is 36.1. The number of esters is 3. The highest BCUT2D eigenvalue weighted by Crippen LogP contribution is 2.18. The van der Waals surface area contributed by atoms with Crippen molar-refractivity contribution in [1.82, 2.24) is 0 Å². The smallest absolute Gasteiger partial charge is 0.306 e. The molecule has 0 N–H and O–H groups in total. The summed E-state index contributed by atoms with van der Waals surface area (Å²) < 4.78 is 16.9. The Morgan fingerprint density at radius 1 is 0.247 bits per heavy atom. The number of hydrogen-bond acceptors (Lipinski definition) is 6. The molecule has 0 rings (SSSR count). The first-order chi connectivity index (χ1) is 40.0. The lowest BCUT2D eigenvalue weighted by Crippen LogP contribution is -2.30. The fraction of sp³-hybridized carbons (Fsp3) is 0.853. The molecule has 0 radical (unpaired) electrons. The van der Waals surface area contributed by atoms with E-state index in [1.54, 1.807) is 0 Å². The Morgan fingerprint density at radius 2 is 0.444 bits per heavy atom. The number of ether oxygens (including phenoxy) is 3. The van der Waals surface area contributed by atoms with Gasteiger partial charge in [-0.1, -0.05) is 339 Å². The van der Waals surface area contributed by atoms with E-state index in [4.69, 9.17) is 14.2 Å². The molecule has 0 heterocycles. The van der Waals surface area contributed by atoms with Crippen LogP contribution in [0.25, 0.3) is 0 Å². The van der Waals surface area contributed by atoms with Gasteiger partial charge in [0.15, 0.2) is 6.10 Å². The second-order valence-electron chi connectivity index (χ2n) is 24.5. The van der Waals surface area contributed by atoms with E-state index in [0.717, 1.165) is 77.0 Å². The van der Waals surface area contributed by atoms with Crippen LogP contribution in [0, 0.1) is 0 Å². The third-order valence-electron chi connectivity index (χ3n) is 16.3. The van der Waals surface area contributed by atoms with E-state index < -0.39 is 6.10 Å². The average Bonchev–Trinajstić information content (AvgIpc) is 3.47. The van der Waals surface area contributed by atoms with Crippen molar-refractivity contribution in [1.29, 1.82) is 0 Å². The summed E-state index contributed by atoms with van der Waals surface area (Å²) in [6.45, 7) is 6.66. The zero-order chi connectivity index (χ0) is 58.5. The summed E-state index contributed by atoms with van der Waals surface area (Å²) in [5, 5.41) is 0. The van der Waals surface area contributed by atoms with Crippen molar-refractivity contribution in [3.63, 3.8) is 0 Å². The van der Waals surface area contributed by atoms with Gasteiger partial charge in [-0.05, 0) is 83.5 Å². The number of allylic oxidation sites excluding steroid dienone is 8. The van der Waals surface area contributed by atoms with E-state index >= 15 is 0 Å². The van der Waals surface area contributed by atoms with Crippen LogP contribution in [0.4, 0.5) is 0 Å². The molecule has 0 amide bonds. The minimum Gasteiger partial charge on any atom is -0.462 e. The maximum Gasteiger partial charge on any atom is 0.306 e. The first kappa shape index (κ1) is 78.4. The van der Waals surface area contributed by atoms with Gasteiger partial charge in [-0.3, -0.25) is 14.4 Å². The maximum atomic E-state index is 12.9. The SMILES string of the molecule is CCCCCCC/C=C\C/C=C\C/C=C\CCCCCCCCC(=O)OC(COC(=O)CCCCCCCCCCC)COC(=O)CCCCCCCCCCCCCCCCCCCCCCC/C=C\CCCCCCCCCC. The van der Waals surface area contributed by atoms with Crippen molar-refractivity contribution in [2.24, 2.45) is 0 Å². The lowest BCUT2D eigenvalue weighted by molar-refractivity contribution is -0.167. The van der Waals surface area contributed by atoms with Gasteiger partial charge >= 0.3 is 17.9 Å². The summed E-state index contributed by atoms with van der Waals surface area (Å²) >= 11 is 0. The molecule has 6 heteroatoms. The summed E-state index contributed by atoms with van der Waals surface area (Å²) in [6, 6.07) is 0. The molecular weight excluding hydrogens is 997 g/mol. The second-order valence-corrected chi connectivity index (χ2v) is 24.5.